The summed E-state index contributed by atoms with van der Waals surface area (Å²) in [5.41, 5.74) is 2.54. The first kappa shape index (κ1) is 15.4. The number of hydrogen-bond acceptors (Lipinski definition) is 4. The Morgan fingerprint density at radius 2 is 2.20 bits per heavy atom. The molecule has 2 unspecified atom stereocenters. The van der Waals surface area contributed by atoms with Crippen molar-refractivity contribution in [2.45, 2.75) is 46.1 Å². The van der Waals surface area contributed by atoms with Crippen LogP contribution < -0.4 is 5.32 Å². The van der Waals surface area contributed by atoms with Gasteiger partial charge in [0.1, 0.15) is 6.10 Å². The summed E-state index contributed by atoms with van der Waals surface area (Å²) in [7, 11) is 1.70. The first-order valence-corrected chi connectivity index (χ1v) is 7.68. The molecule has 1 aliphatic rings. The van der Waals surface area contributed by atoms with E-state index in [4.69, 9.17) is 4.74 Å². The number of fused-ring (bicyclic) bond motifs is 1. The van der Waals surface area contributed by atoms with E-state index in [-0.39, 0.29) is 6.10 Å². The molecule has 4 heteroatoms. The van der Waals surface area contributed by atoms with Crippen molar-refractivity contribution in [3.8, 4) is 0 Å². The summed E-state index contributed by atoms with van der Waals surface area (Å²) in [6.45, 7) is 8.69. The van der Waals surface area contributed by atoms with Gasteiger partial charge in [-0.1, -0.05) is 13.8 Å². The third-order valence-corrected chi connectivity index (χ3v) is 3.97. The minimum Gasteiger partial charge on any atom is -0.374 e. The van der Waals surface area contributed by atoms with Gasteiger partial charge in [0.05, 0.1) is 0 Å². The van der Waals surface area contributed by atoms with Crippen molar-refractivity contribution in [3.05, 3.63) is 23.3 Å². The lowest BCUT2D eigenvalue weighted by molar-refractivity contribution is 0.111. The van der Waals surface area contributed by atoms with Crippen LogP contribution in [0.3, 0.4) is 0 Å². The second-order valence-corrected chi connectivity index (χ2v) is 6.24. The number of nitrogens with one attached hydrogen (secondary N) is 1. The van der Waals surface area contributed by atoms with Crippen LogP contribution in [0.2, 0.25) is 0 Å². The molecule has 0 bridgehead atoms. The first-order chi connectivity index (χ1) is 9.60. The topological polar surface area (TPSA) is 47.0 Å². The third kappa shape index (κ3) is 4.00. The Morgan fingerprint density at radius 3 is 2.90 bits per heavy atom. The number of hydrogen-bond donors (Lipinski definition) is 1. The lowest BCUT2D eigenvalue weighted by atomic mass is 9.87. The second kappa shape index (κ2) is 7.14. The fourth-order valence-electron chi connectivity index (χ4n) is 2.65. The normalized spacial score (nSPS) is 19.9. The van der Waals surface area contributed by atoms with Crippen molar-refractivity contribution in [2.24, 2.45) is 11.8 Å². The predicted octanol–water partition coefficient (Wildman–Crippen LogP) is 2.53. The Labute approximate surface area is 122 Å². The lowest BCUT2D eigenvalue weighted by Crippen LogP contribution is -2.30. The van der Waals surface area contributed by atoms with Gasteiger partial charge in [-0.15, -0.1) is 0 Å². The van der Waals surface area contributed by atoms with Crippen LogP contribution >= 0.6 is 0 Å². The maximum absolute atomic E-state index is 5.29. The van der Waals surface area contributed by atoms with Gasteiger partial charge in [-0.25, -0.2) is 9.97 Å². The van der Waals surface area contributed by atoms with Crippen LogP contribution in [0.4, 0.5) is 0 Å². The van der Waals surface area contributed by atoms with Gasteiger partial charge in [0, 0.05) is 19.0 Å². The van der Waals surface area contributed by atoms with Gasteiger partial charge >= 0.3 is 0 Å². The molecule has 1 aliphatic carbocycles. The zero-order valence-electron chi connectivity index (χ0n) is 13.1. The summed E-state index contributed by atoms with van der Waals surface area (Å²) in [4.78, 5) is 9.12. The van der Waals surface area contributed by atoms with E-state index in [0.717, 1.165) is 37.7 Å². The Morgan fingerprint density at radius 1 is 1.40 bits per heavy atom. The molecule has 20 heavy (non-hydrogen) atoms. The number of nitrogens with zero attached hydrogens (tertiary/aromatic N) is 2. The summed E-state index contributed by atoms with van der Waals surface area (Å²) in [5, 5.41) is 3.56. The SMILES string of the molecule is COC(C)c1ncc2c(n1)CCC(CNCC(C)C)C2. The highest BCUT2D eigenvalue weighted by Gasteiger charge is 2.21. The molecule has 2 atom stereocenters. The highest BCUT2D eigenvalue weighted by molar-refractivity contribution is 5.22. The molecule has 0 aromatic carbocycles. The highest BCUT2D eigenvalue weighted by Crippen LogP contribution is 2.24. The van der Waals surface area contributed by atoms with E-state index in [9.17, 15) is 0 Å². The van der Waals surface area contributed by atoms with Gasteiger partial charge in [0.2, 0.25) is 0 Å². The number of ether oxygens (including phenoxy) is 1. The van der Waals surface area contributed by atoms with Crippen molar-refractivity contribution in [2.75, 3.05) is 20.2 Å². The van der Waals surface area contributed by atoms with Gasteiger partial charge in [0.15, 0.2) is 5.82 Å². The van der Waals surface area contributed by atoms with Crippen LogP contribution in [-0.2, 0) is 17.6 Å². The molecule has 112 valence electrons. The molecule has 0 saturated heterocycles. The average Bonchev–Trinajstić information content (AvgIpc) is 2.45. The zero-order chi connectivity index (χ0) is 14.5. The fraction of sp³-hybridized carbons (Fsp3) is 0.750. The van der Waals surface area contributed by atoms with Crippen molar-refractivity contribution < 1.29 is 4.74 Å². The molecule has 0 spiro atoms. The van der Waals surface area contributed by atoms with E-state index >= 15 is 0 Å². The molecule has 0 radical (unpaired) electrons. The highest BCUT2D eigenvalue weighted by atomic mass is 16.5. The maximum Gasteiger partial charge on any atom is 0.157 e. The molecule has 1 aromatic rings. The van der Waals surface area contributed by atoms with Crippen molar-refractivity contribution in [1.29, 1.82) is 0 Å². The van der Waals surface area contributed by atoms with E-state index in [1.807, 2.05) is 13.1 Å². The minimum absolute atomic E-state index is 0.0225. The van der Waals surface area contributed by atoms with Crippen LogP contribution in [0, 0.1) is 11.8 Å². The van der Waals surface area contributed by atoms with Crippen molar-refractivity contribution in [1.82, 2.24) is 15.3 Å². The summed E-state index contributed by atoms with van der Waals surface area (Å²) in [5.74, 6) is 2.24. The molecular weight excluding hydrogens is 250 g/mol. The van der Waals surface area contributed by atoms with Crippen LogP contribution in [0.25, 0.3) is 0 Å². The van der Waals surface area contributed by atoms with E-state index in [1.165, 1.54) is 17.7 Å². The molecule has 1 N–H and O–H groups in total. The summed E-state index contributed by atoms with van der Waals surface area (Å²) < 4.78 is 5.29. The quantitative estimate of drug-likeness (QED) is 0.868. The molecular formula is C16H27N3O. The van der Waals surface area contributed by atoms with Crippen molar-refractivity contribution in [3.63, 3.8) is 0 Å². The monoisotopic (exact) mass is 277 g/mol. The second-order valence-electron chi connectivity index (χ2n) is 6.24. The number of methoxy groups -OCH3 is 1. The fourth-order valence-corrected chi connectivity index (χ4v) is 2.65. The van der Waals surface area contributed by atoms with Crippen LogP contribution in [-0.4, -0.2) is 30.2 Å². The third-order valence-electron chi connectivity index (χ3n) is 3.97. The Hall–Kier alpha value is -1.00. The first-order valence-electron chi connectivity index (χ1n) is 7.68. The molecule has 1 aromatic heterocycles. The van der Waals surface area contributed by atoms with E-state index in [0.29, 0.717) is 5.92 Å². The number of aryl methyl sites for hydroxylation is 1. The van der Waals surface area contributed by atoms with Gasteiger partial charge < -0.3 is 10.1 Å². The van der Waals surface area contributed by atoms with Crippen LogP contribution in [0.15, 0.2) is 6.20 Å². The number of aromatic nitrogens is 2. The average molecular weight is 277 g/mol. The van der Waals surface area contributed by atoms with E-state index in [1.54, 1.807) is 7.11 Å². The van der Waals surface area contributed by atoms with Gasteiger partial charge in [-0.3, -0.25) is 0 Å². The lowest BCUT2D eigenvalue weighted by Gasteiger charge is -2.25. The zero-order valence-corrected chi connectivity index (χ0v) is 13.1. The Kier molecular flexibility index (Phi) is 5.49. The smallest absolute Gasteiger partial charge is 0.157 e. The Bertz CT molecular complexity index is 434. The largest absolute Gasteiger partial charge is 0.374 e. The minimum atomic E-state index is -0.0225. The van der Waals surface area contributed by atoms with E-state index < -0.39 is 0 Å². The molecule has 0 saturated carbocycles. The van der Waals surface area contributed by atoms with Crippen LogP contribution in [0.5, 0.6) is 0 Å². The molecule has 0 amide bonds. The van der Waals surface area contributed by atoms with Gasteiger partial charge in [-0.05, 0) is 56.7 Å². The van der Waals surface area contributed by atoms with E-state index in [2.05, 4.69) is 29.1 Å². The summed E-state index contributed by atoms with van der Waals surface area (Å²) >= 11 is 0. The summed E-state index contributed by atoms with van der Waals surface area (Å²) in [6.07, 6.45) is 5.36. The Balaban J connectivity index is 1.94. The standard InChI is InChI=1S/C16H27N3O/c1-11(2)8-17-9-13-5-6-15-14(7-13)10-18-16(19-15)12(3)20-4/h10-13,17H,5-9H2,1-4H3. The maximum atomic E-state index is 5.29. The van der Waals surface area contributed by atoms with Crippen molar-refractivity contribution >= 4 is 0 Å². The molecule has 1 heterocycles. The van der Waals surface area contributed by atoms with Gasteiger partial charge in [0.25, 0.3) is 0 Å². The van der Waals surface area contributed by atoms with Gasteiger partial charge in [-0.2, -0.15) is 0 Å². The van der Waals surface area contributed by atoms with Crippen LogP contribution in [0.1, 0.15) is 50.4 Å². The molecule has 0 fully saturated rings. The molecule has 2 rings (SSSR count). The molecule has 0 aliphatic heterocycles. The number of rotatable bonds is 6. The summed E-state index contributed by atoms with van der Waals surface area (Å²) in [6, 6.07) is 0. The predicted molar refractivity (Wildman–Crippen MR) is 80.7 cm³/mol. The molecule has 4 nitrogen and oxygen atoms in total.